The highest BCUT2D eigenvalue weighted by atomic mass is 16.2. The Kier molecular flexibility index (Phi) is 6.91. The predicted molar refractivity (Wildman–Crippen MR) is 121 cm³/mol. The number of nitrogens with zero attached hydrogens (tertiary/aromatic N) is 3. The van der Waals surface area contributed by atoms with E-state index in [1.54, 1.807) is 13.0 Å². The van der Waals surface area contributed by atoms with Crippen LogP contribution in [0.2, 0.25) is 0 Å². The molecule has 0 radical (unpaired) electrons. The van der Waals surface area contributed by atoms with E-state index in [0.29, 0.717) is 12.1 Å². The van der Waals surface area contributed by atoms with Crippen LogP contribution in [-0.2, 0) is 4.79 Å². The van der Waals surface area contributed by atoms with Crippen molar-refractivity contribution in [1.29, 1.82) is 5.26 Å². The van der Waals surface area contributed by atoms with Crippen molar-refractivity contribution in [2.24, 2.45) is 5.92 Å². The molecule has 2 aromatic rings. The van der Waals surface area contributed by atoms with Crippen LogP contribution in [0.1, 0.15) is 61.3 Å². The Morgan fingerprint density at radius 2 is 2.03 bits per heavy atom. The monoisotopic (exact) mass is 419 g/mol. The van der Waals surface area contributed by atoms with Gasteiger partial charge in [-0.15, -0.1) is 0 Å². The maximum absolute atomic E-state index is 12.6. The van der Waals surface area contributed by atoms with Crippen molar-refractivity contribution in [2.75, 3.05) is 16.8 Å². The van der Waals surface area contributed by atoms with Crippen LogP contribution >= 0.6 is 0 Å². The Balaban J connectivity index is 2.05. The van der Waals surface area contributed by atoms with Crippen molar-refractivity contribution in [1.82, 2.24) is 10.3 Å². The first-order valence-electron chi connectivity index (χ1n) is 10.7. The third-order valence-corrected chi connectivity index (χ3v) is 5.82. The number of carbonyl (C=O) groups is 2. The van der Waals surface area contributed by atoms with Gasteiger partial charge in [0, 0.05) is 42.4 Å². The Morgan fingerprint density at radius 1 is 1.26 bits per heavy atom. The number of carbonyl (C=O) groups excluding carboxylic acids is 2. The second-order valence-corrected chi connectivity index (χ2v) is 7.95. The van der Waals surface area contributed by atoms with Gasteiger partial charge < -0.3 is 15.5 Å². The van der Waals surface area contributed by atoms with Crippen LogP contribution in [0, 0.1) is 24.2 Å². The fourth-order valence-corrected chi connectivity index (χ4v) is 4.37. The minimum absolute atomic E-state index is 0.0155. The third-order valence-electron chi connectivity index (χ3n) is 5.82. The lowest BCUT2D eigenvalue weighted by molar-refractivity contribution is -0.117. The Bertz CT molecular complexity index is 1010. The van der Waals surface area contributed by atoms with E-state index in [9.17, 15) is 9.59 Å². The van der Waals surface area contributed by atoms with Gasteiger partial charge in [-0.25, -0.2) is 4.98 Å². The van der Waals surface area contributed by atoms with E-state index in [-0.39, 0.29) is 36.2 Å². The number of pyridine rings is 1. The molecule has 3 rings (SSSR count). The van der Waals surface area contributed by atoms with Crippen LogP contribution in [0.25, 0.3) is 0 Å². The molecule has 1 aliphatic heterocycles. The molecule has 1 aromatic heterocycles. The molecule has 7 nitrogen and oxygen atoms in total. The van der Waals surface area contributed by atoms with E-state index in [0.717, 1.165) is 29.2 Å². The van der Waals surface area contributed by atoms with Gasteiger partial charge in [0.1, 0.15) is 5.82 Å². The average molecular weight is 420 g/mol. The molecule has 0 saturated heterocycles. The number of rotatable bonds is 6. The SMILES string of the molecule is CC[C@H]1[C@H](C)[C@@H](Nc2cccc(C)n2)c2cc(C(=O)NCCC#N)ccc2N1C(C)=O. The van der Waals surface area contributed by atoms with Gasteiger partial charge in [0.15, 0.2) is 0 Å². The van der Waals surface area contributed by atoms with E-state index in [4.69, 9.17) is 5.26 Å². The Hall–Kier alpha value is -3.40. The fraction of sp³-hybridized carbons (Fsp3) is 0.417. The molecule has 0 fully saturated rings. The molecule has 0 aliphatic carbocycles. The number of aromatic nitrogens is 1. The summed E-state index contributed by atoms with van der Waals surface area (Å²) >= 11 is 0. The fourth-order valence-electron chi connectivity index (χ4n) is 4.37. The van der Waals surface area contributed by atoms with Crippen molar-refractivity contribution in [3.8, 4) is 6.07 Å². The van der Waals surface area contributed by atoms with E-state index in [1.807, 2.05) is 48.2 Å². The van der Waals surface area contributed by atoms with Crippen LogP contribution in [0.4, 0.5) is 11.5 Å². The zero-order chi connectivity index (χ0) is 22.5. The second kappa shape index (κ2) is 9.61. The molecule has 2 heterocycles. The van der Waals surface area contributed by atoms with Crippen LogP contribution in [0.15, 0.2) is 36.4 Å². The summed E-state index contributed by atoms with van der Waals surface area (Å²) < 4.78 is 0. The lowest BCUT2D eigenvalue weighted by Crippen LogP contribution is -2.49. The predicted octanol–water partition coefficient (Wildman–Crippen LogP) is 3.97. The minimum Gasteiger partial charge on any atom is -0.363 e. The molecule has 2 N–H and O–H groups in total. The molecule has 0 bridgehead atoms. The molecular formula is C24H29N5O2. The molecule has 2 amide bonds. The summed E-state index contributed by atoms with van der Waals surface area (Å²) in [5.41, 5.74) is 3.13. The number of hydrogen-bond acceptors (Lipinski definition) is 5. The van der Waals surface area contributed by atoms with Crippen molar-refractivity contribution in [3.05, 3.63) is 53.2 Å². The van der Waals surface area contributed by atoms with Gasteiger partial charge in [0.2, 0.25) is 5.91 Å². The average Bonchev–Trinajstić information content (AvgIpc) is 2.74. The number of hydrogen-bond donors (Lipinski definition) is 2. The number of anilines is 2. The molecule has 0 unspecified atom stereocenters. The number of aryl methyl sites for hydroxylation is 1. The maximum Gasteiger partial charge on any atom is 0.251 e. The van der Waals surface area contributed by atoms with Gasteiger partial charge in [0.05, 0.1) is 18.5 Å². The molecule has 162 valence electrons. The lowest BCUT2D eigenvalue weighted by atomic mass is 9.80. The molecule has 0 saturated carbocycles. The quantitative estimate of drug-likeness (QED) is 0.691. The van der Waals surface area contributed by atoms with E-state index >= 15 is 0 Å². The molecule has 0 spiro atoms. The molecule has 1 aromatic carbocycles. The summed E-state index contributed by atoms with van der Waals surface area (Å²) in [6.45, 7) is 8.04. The first-order valence-corrected chi connectivity index (χ1v) is 10.7. The Morgan fingerprint density at radius 3 is 2.68 bits per heavy atom. The first kappa shape index (κ1) is 22.3. The van der Waals surface area contributed by atoms with Crippen LogP contribution < -0.4 is 15.5 Å². The molecule has 31 heavy (non-hydrogen) atoms. The summed E-state index contributed by atoms with van der Waals surface area (Å²) in [7, 11) is 0. The standard InChI is InChI=1S/C24H29N5O2/c1-5-20-16(3)23(28-22-9-6-8-15(2)27-22)19-14-18(24(31)26-13-7-12-25)10-11-21(19)29(20)17(4)30/h6,8-11,14,16,20,23H,5,7,13H2,1-4H3,(H,26,31)(H,27,28)/t16-,20-,23+/m0/s1. The van der Waals surface area contributed by atoms with Crippen molar-refractivity contribution in [3.63, 3.8) is 0 Å². The van der Waals surface area contributed by atoms with Gasteiger partial charge >= 0.3 is 0 Å². The minimum atomic E-state index is -0.231. The zero-order valence-corrected chi connectivity index (χ0v) is 18.5. The van der Waals surface area contributed by atoms with Crippen LogP contribution in [0.3, 0.4) is 0 Å². The molecule has 7 heteroatoms. The topological polar surface area (TPSA) is 98.1 Å². The molecule has 1 aliphatic rings. The van der Waals surface area contributed by atoms with Crippen LogP contribution in [0.5, 0.6) is 0 Å². The normalized spacial score (nSPS) is 19.8. The van der Waals surface area contributed by atoms with Gasteiger partial charge in [-0.1, -0.05) is 19.9 Å². The summed E-state index contributed by atoms with van der Waals surface area (Å²) in [4.78, 5) is 31.6. The summed E-state index contributed by atoms with van der Waals surface area (Å²) in [6.07, 6.45) is 1.07. The number of fused-ring (bicyclic) bond motifs is 1. The largest absolute Gasteiger partial charge is 0.363 e. The van der Waals surface area contributed by atoms with E-state index in [1.165, 1.54) is 0 Å². The van der Waals surface area contributed by atoms with Gasteiger partial charge in [-0.3, -0.25) is 9.59 Å². The second-order valence-electron chi connectivity index (χ2n) is 7.95. The van der Waals surface area contributed by atoms with Gasteiger partial charge in [0.25, 0.3) is 5.91 Å². The summed E-state index contributed by atoms with van der Waals surface area (Å²) in [5.74, 6) is 0.613. The van der Waals surface area contributed by atoms with Gasteiger partial charge in [-0.05, 0) is 49.2 Å². The molecule has 3 atom stereocenters. The highest BCUT2D eigenvalue weighted by Crippen LogP contribution is 2.43. The highest BCUT2D eigenvalue weighted by molar-refractivity contribution is 5.98. The number of nitrogens with one attached hydrogen (secondary N) is 2. The van der Waals surface area contributed by atoms with E-state index in [2.05, 4.69) is 29.5 Å². The summed E-state index contributed by atoms with van der Waals surface area (Å²) in [5, 5.41) is 15.0. The van der Waals surface area contributed by atoms with Crippen molar-refractivity contribution >= 4 is 23.3 Å². The number of amides is 2. The van der Waals surface area contributed by atoms with Crippen molar-refractivity contribution < 1.29 is 9.59 Å². The van der Waals surface area contributed by atoms with E-state index < -0.39 is 0 Å². The summed E-state index contributed by atoms with van der Waals surface area (Å²) in [6, 6.07) is 13.2. The highest BCUT2D eigenvalue weighted by Gasteiger charge is 2.40. The number of nitriles is 1. The van der Waals surface area contributed by atoms with Crippen molar-refractivity contribution in [2.45, 2.75) is 52.6 Å². The third kappa shape index (κ3) is 4.69. The zero-order valence-electron chi connectivity index (χ0n) is 18.5. The lowest BCUT2D eigenvalue weighted by Gasteiger charge is -2.45. The molecular weight excluding hydrogens is 390 g/mol. The first-order chi connectivity index (χ1) is 14.9. The Labute approximate surface area is 183 Å². The van der Waals surface area contributed by atoms with Crippen LogP contribution in [-0.4, -0.2) is 29.4 Å². The maximum atomic E-state index is 12.6. The van der Waals surface area contributed by atoms with Gasteiger partial charge in [-0.2, -0.15) is 5.26 Å². The smallest absolute Gasteiger partial charge is 0.251 e. The number of benzene rings is 1.